The Morgan fingerprint density at radius 1 is 1.13 bits per heavy atom. The van der Waals surface area contributed by atoms with Crippen LogP contribution in [-0.2, 0) is 12.2 Å². The molecule has 0 unspecified atom stereocenters. The summed E-state index contributed by atoms with van der Waals surface area (Å²) in [6, 6.07) is 6.76. The number of halogens is 1. The Morgan fingerprint density at radius 3 is 2.63 bits per heavy atom. The van der Waals surface area contributed by atoms with Gasteiger partial charge in [0.05, 0.1) is 16.7 Å². The molecule has 3 heterocycles. The first-order valence-electron chi connectivity index (χ1n) is 10.7. The minimum Gasteiger partial charge on any atom is -0.294 e. The van der Waals surface area contributed by atoms with Gasteiger partial charge in [0.15, 0.2) is 11.0 Å². The fraction of sp³-hybridized carbons (Fsp3) is 0.500. The van der Waals surface area contributed by atoms with Gasteiger partial charge in [-0.25, -0.2) is 9.37 Å². The Labute approximate surface area is 185 Å². The zero-order chi connectivity index (χ0) is 20.9. The third-order valence-corrected chi connectivity index (χ3v) is 7.39. The van der Waals surface area contributed by atoms with Crippen molar-refractivity contribution < 1.29 is 4.39 Å². The van der Waals surface area contributed by atoms with Crippen LogP contribution in [0.15, 0.2) is 34.8 Å². The fourth-order valence-corrected chi connectivity index (χ4v) is 5.69. The average Bonchev–Trinajstić information content (AvgIpc) is 3.40. The summed E-state index contributed by atoms with van der Waals surface area (Å²) in [5.74, 6) is 1.42. The molecule has 1 aromatic carbocycles. The van der Waals surface area contributed by atoms with Crippen LogP contribution in [0.5, 0.6) is 0 Å². The van der Waals surface area contributed by atoms with Gasteiger partial charge in [-0.1, -0.05) is 25.1 Å². The molecule has 0 aliphatic carbocycles. The minimum absolute atomic E-state index is 0.160. The normalized spacial score (nSPS) is 16.1. The van der Waals surface area contributed by atoms with Gasteiger partial charge in [-0.15, -0.1) is 21.5 Å². The molecule has 0 spiro atoms. The number of hydrogen-bond acceptors (Lipinski definition) is 6. The number of nitrogens with zero attached hydrogens (tertiary/aromatic N) is 5. The first kappa shape index (κ1) is 21.5. The number of aromatic nitrogens is 4. The molecular formula is C22H28FN5S2. The summed E-state index contributed by atoms with van der Waals surface area (Å²) >= 11 is 3.36. The van der Waals surface area contributed by atoms with Gasteiger partial charge in [-0.2, -0.15) is 0 Å². The van der Waals surface area contributed by atoms with Crippen molar-refractivity contribution in [2.24, 2.45) is 0 Å². The Morgan fingerprint density at radius 2 is 1.90 bits per heavy atom. The van der Waals surface area contributed by atoms with Gasteiger partial charge in [-0.3, -0.25) is 9.47 Å². The number of likely N-dealkylation sites (tertiary alicyclic amines) is 1. The number of thioether (sulfide) groups is 1. The highest BCUT2D eigenvalue weighted by Gasteiger charge is 2.25. The molecule has 2 aromatic heterocycles. The fourth-order valence-electron chi connectivity index (χ4n) is 3.83. The van der Waals surface area contributed by atoms with E-state index in [-0.39, 0.29) is 11.9 Å². The number of aryl methyl sites for hydroxylation is 1. The van der Waals surface area contributed by atoms with E-state index in [0.717, 1.165) is 54.0 Å². The molecule has 1 fully saturated rings. The van der Waals surface area contributed by atoms with Crippen LogP contribution < -0.4 is 0 Å². The van der Waals surface area contributed by atoms with Gasteiger partial charge in [-0.05, 0) is 70.0 Å². The van der Waals surface area contributed by atoms with E-state index in [1.165, 1.54) is 36.4 Å². The van der Waals surface area contributed by atoms with Crippen molar-refractivity contribution in [3.8, 4) is 5.69 Å². The molecule has 5 nitrogen and oxygen atoms in total. The molecule has 0 bridgehead atoms. The van der Waals surface area contributed by atoms with Gasteiger partial charge in [0.2, 0.25) is 0 Å². The van der Waals surface area contributed by atoms with E-state index in [0.29, 0.717) is 0 Å². The average molecular weight is 446 g/mol. The molecule has 30 heavy (non-hydrogen) atoms. The first-order valence-corrected chi connectivity index (χ1v) is 12.5. The molecular weight excluding hydrogens is 417 g/mol. The standard InChI is InChI=1S/C22H28FN5S2/c1-3-7-20-24-18(14-29-20)15-30-22-26-25-21(16(2)27-12-5-4-6-13-27)28(22)19-10-8-17(23)9-11-19/h8-11,14,16H,3-7,12-13,15H2,1-2H3/t16-/m1/s1. The van der Waals surface area contributed by atoms with Crippen molar-refractivity contribution in [2.75, 3.05) is 13.1 Å². The number of hydrogen-bond donors (Lipinski definition) is 0. The maximum Gasteiger partial charge on any atom is 0.196 e. The second-order valence-corrected chi connectivity index (χ2v) is 9.58. The molecule has 1 aliphatic heterocycles. The van der Waals surface area contributed by atoms with Crippen LogP contribution in [0.25, 0.3) is 5.69 Å². The highest BCUT2D eigenvalue weighted by molar-refractivity contribution is 7.98. The van der Waals surface area contributed by atoms with Gasteiger partial charge in [0.1, 0.15) is 5.82 Å². The van der Waals surface area contributed by atoms with E-state index in [1.807, 2.05) is 0 Å². The van der Waals surface area contributed by atoms with E-state index in [4.69, 9.17) is 4.98 Å². The van der Waals surface area contributed by atoms with E-state index in [1.54, 1.807) is 35.2 Å². The first-order chi connectivity index (χ1) is 14.7. The van der Waals surface area contributed by atoms with E-state index < -0.39 is 0 Å². The van der Waals surface area contributed by atoms with Crippen LogP contribution in [0.3, 0.4) is 0 Å². The quantitative estimate of drug-likeness (QED) is 0.419. The van der Waals surface area contributed by atoms with Crippen molar-refractivity contribution in [1.82, 2.24) is 24.6 Å². The zero-order valence-corrected chi connectivity index (χ0v) is 19.2. The molecule has 8 heteroatoms. The maximum absolute atomic E-state index is 13.6. The van der Waals surface area contributed by atoms with Crippen molar-refractivity contribution >= 4 is 23.1 Å². The summed E-state index contributed by atoms with van der Waals surface area (Å²) in [5, 5.41) is 13.2. The van der Waals surface area contributed by atoms with Crippen LogP contribution in [-0.4, -0.2) is 37.7 Å². The van der Waals surface area contributed by atoms with Crippen molar-refractivity contribution in [1.29, 1.82) is 0 Å². The van der Waals surface area contributed by atoms with Crippen LogP contribution in [0.1, 0.15) is 62.1 Å². The lowest BCUT2D eigenvalue weighted by atomic mass is 10.1. The lowest BCUT2D eigenvalue weighted by molar-refractivity contribution is 0.167. The SMILES string of the molecule is CCCc1nc(CSc2nnc([C@@H](C)N3CCCCC3)n2-c2ccc(F)cc2)cs1. The number of benzene rings is 1. The molecule has 1 saturated heterocycles. The number of thiazole rings is 1. The maximum atomic E-state index is 13.6. The zero-order valence-electron chi connectivity index (χ0n) is 17.6. The molecule has 0 N–H and O–H groups in total. The van der Waals surface area contributed by atoms with Crippen LogP contribution in [0.4, 0.5) is 4.39 Å². The second-order valence-electron chi connectivity index (χ2n) is 7.70. The number of piperidine rings is 1. The van der Waals surface area contributed by atoms with Gasteiger partial charge < -0.3 is 0 Å². The predicted molar refractivity (Wildman–Crippen MR) is 121 cm³/mol. The largest absolute Gasteiger partial charge is 0.294 e. The third kappa shape index (κ3) is 4.92. The molecule has 0 amide bonds. The van der Waals surface area contributed by atoms with E-state index in [9.17, 15) is 4.39 Å². The monoisotopic (exact) mass is 445 g/mol. The summed E-state index contributed by atoms with van der Waals surface area (Å²) in [7, 11) is 0. The highest BCUT2D eigenvalue weighted by atomic mass is 32.2. The minimum atomic E-state index is -0.238. The van der Waals surface area contributed by atoms with E-state index in [2.05, 4.69) is 38.9 Å². The lowest BCUT2D eigenvalue weighted by Crippen LogP contribution is -2.33. The molecule has 1 aliphatic rings. The molecule has 1 atom stereocenters. The summed E-state index contributed by atoms with van der Waals surface area (Å²) in [4.78, 5) is 7.20. The van der Waals surface area contributed by atoms with Crippen LogP contribution in [0, 0.1) is 5.82 Å². The van der Waals surface area contributed by atoms with Gasteiger partial charge >= 0.3 is 0 Å². The molecule has 0 saturated carbocycles. The smallest absolute Gasteiger partial charge is 0.196 e. The third-order valence-electron chi connectivity index (χ3n) is 5.47. The van der Waals surface area contributed by atoms with Crippen molar-refractivity contribution in [3.63, 3.8) is 0 Å². The predicted octanol–water partition coefficient (Wildman–Crippen LogP) is 5.65. The molecule has 4 rings (SSSR count). The molecule has 0 radical (unpaired) electrons. The lowest BCUT2D eigenvalue weighted by Gasteiger charge is -2.31. The summed E-state index contributed by atoms with van der Waals surface area (Å²) in [6.07, 6.45) is 5.87. The topological polar surface area (TPSA) is 46.8 Å². The van der Waals surface area contributed by atoms with E-state index >= 15 is 0 Å². The van der Waals surface area contributed by atoms with Crippen molar-refractivity contribution in [3.05, 3.63) is 52.0 Å². The van der Waals surface area contributed by atoms with Gasteiger partial charge in [0, 0.05) is 16.8 Å². The van der Waals surface area contributed by atoms with Crippen molar-refractivity contribution in [2.45, 2.75) is 62.9 Å². The molecule has 160 valence electrons. The van der Waals surface area contributed by atoms with Crippen LogP contribution in [0.2, 0.25) is 0 Å². The summed E-state index contributed by atoms with van der Waals surface area (Å²) in [6.45, 7) is 6.53. The van der Waals surface area contributed by atoms with Gasteiger partial charge in [0.25, 0.3) is 0 Å². The Hall–Kier alpha value is -1.77. The Kier molecular flexibility index (Phi) is 7.17. The highest BCUT2D eigenvalue weighted by Crippen LogP contribution is 2.31. The second kappa shape index (κ2) is 10.0. The summed E-state index contributed by atoms with van der Waals surface area (Å²) in [5.41, 5.74) is 1.97. The van der Waals surface area contributed by atoms with Crippen LogP contribution >= 0.6 is 23.1 Å². The Balaban J connectivity index is 1.60. The Bertz CT molecular complexity index is 947. The molecule has 3 aromatic rings. The number of rotatable bonds is 8. The summed E-state index contributed by atoms with van der Waals surface area (Å²) < 4.78 is 15.6.